The van der Waals surface area contributed by atoms with Crippen LogP contribution in [0.4, 0.5) is 10.2 Å². The Bertz CT molecular complexity index is 1140. The van der Waals surface area contributed by atoms with Gasteiger partial charge in [0.05, 0.1) is 42.6 Å². The summed E-state index contributed by atoms with van der Waals surface area (Å²) < 4.78 is 26.4. The predicted molar refractivity (Wildman–Crippen MR) is 112 cm³/mol. The third kappa shape index (κ3) is 3.32. The number of anilines is 1. The third-order valence-corrected chi connectivity index (χ3v) is 6.27. The maximum Gasteiger partial charge on any atom is 0.151 e. The first-order valence-electron chi connectivity index (χ1n) is 10.5. The van der Waals surface area contributed by atoms with Gasteiger partial charge in [-0.15, -0.1) is 0 Å². The highest BCUT2D eigenvalue weighted by Gasteiger charge is 2.38. The van der Waals surface area contributed by atoms with E-state index in [0.29, 0.717) is 79.5 Å². The molecule has 5 heterocycles. The van der Waals surface area contributed by atoms with Gasteiger partial charge in [-0.2, -0.15) is 10.4 Å². The average Bonchev–Trinajstić information content (AvgIpc) is 3.34. The second-order valence-electron chi connectivity index (χ2n) is 8.10. The number of morpholine rings is 1. The van der Waals surface area contributed by atoms with Gasteiger partial charge in [-0.25, -0.2) is 14.4 Å². The van der Waals surface area contributed by atoms with E-state index >= 15 is 4.39 Å². The van der Waals surface area contributed by atoms with E-state index in [0.717, 1.165) is 0 Å². The first-order chi connectivity index (χ1) is 15.1. The number of fused-ring (bicyclic) bond motifs is 1. The summed E-state index contributed by atoms with van der Waals surface area (Å²) in [6, 6.07) is 6.26. The molecule has 160 valence electrons. The fraction of sp³-hybridized carbons (Fsp3) is 0.455. The molecular weight excluding hydrogens is 399 g/mol. The van der Waals surface area contributed by atoms with Gasteiger partial charge in [-0.3, -0.25) is 5.10 Å². The van der Waals surface area contributed by atoms with E-state index in [-0.39, 0.29) is 6.04 Å². The number of pyridine rings is 2. The van der Waals surface area contributed by atoms with Crippen LogP contribution in [0.2, 0.25) is 0 Å². The Kier molecular flexibility index (Phi) is 5.04. The Hall–Kier alpha value is -3.09. The Morgan fingerprint density at radius 2 is 2.13 bits per heavy atom. The molecule has 2 aliphatic heterocycles. The summed E-state index contributed by atoms with van der Waals surface area (Å²) in [5, 5.41) is 17.5. The Balaban J connectivity index is 1.82. The number of hydrogen-bond acceptors (Lipinski definition) is 7. The third-order valence-electron chi connectivity index (χ3n) is 6.27. The fourth-order valence-electron chi connectivity index (χ4n) is 4.53. The van der Waals surface area contributed by atoms with Crippen LogP contribution in [0, 0.1) is 17.1 Å². The zero-order valence-electron chi connectivity index (χ0n) is 17.3. The van der Waals surface area contributed by atoms with E-state index in [2.05, 4.69) is 33.1 Å². The van der Waals surface area contributed by atoms with Crippen molar-refractivity contribution in [2.75, 3.05) is 37.9 Å². The number of aromatic amines is 1. The number of rotatable bonds is 3. The fourth-order valence-corrected chi connectivity index (χ4v) is 4.53. The highest BCUT2D eigenvalue weighted by atomic mass is 19.1. The molecule has 2 saturated heterocycles. The summed E-state index contributed by atoms with van der Waals surface area (Å²) in [5.41, 5.74) is 1.39. The Morgan fingerprint density at radius 1 is 1.29 bits per heavy atom. The van der Waals surface area contributed by atoms with Gasteiger partial charge in [0.1, 0.15) is 17.0 Å². The second kappa shape index (κ2) is 7.87. The normalized spacial score (nSPS) is 21.2. The van der Waals surface area contributed by atoms with E-state index in [1.165, 1.54) is 6.20 Å². The van der Waals surface area contributed by atoms with Crippen LogP contribution < -0.4 is 4.90 Å². The smallest absolute Gasteiger partial charge is 0.151 e. The molecule has 2 aliphatic rings. The molecule has 0 radical (unpaired) electrons. The van der Waals surface area contributed by atoms with Crippen molar-refractivity contribution in [2.45, 2.75) is 31.2 Å². The number of aromatic nitrogens is 4. The number of halogens is 1. The maximum absolute atomic E-state index is 15.3. The van der Waals surface area contributed by atoms with Crippen molar-refractivity contribution in [3.05, 3.63) is 35.9 Å². The first kappa shape index (κ1) is 19.8. The topological polar surface area (TPSA) is 100.0 Å². The summed E-state index contributed by atoms with van der Waals surface area (Å²) in [6.07, 6.45) is 3.82. The molecule has 0 spiro atoms. The molecule has 0 aromatic carbocycles. The lowest BCUT2D eigenvalue weighted by molar-refractivity contribution is 0.0678. The van der Waals surface area contributed by atoms with Gasteiger partial charge in [-0.05, 0) is 37.5 Å². The van der Waals surface area contributed by atoms with Crippen LogP contribution in [0.15, 0.2) is 24.5 Å². The highest BCUT2D eigenvalue weighted by molar-refractivity contribution is 5.95. The highest BCUT2D eigenvalue weighted by Crippen LogP contribution is 2.42. The van der Waals surface area contributed by atoms with Gasteiger partial charge in [0.25, 0.3) is 0 Å². The number of nitrogens with one attached hydrogen (secondary N) is 1. The largest absolute Gasteiger partial charge is 0.381 e. The molecular formula is C22H23FN6O2. The van der Waals surface area contributed by atoms with E-state index in [4.69, 9.17) is 14.5 Å². The van der Waals surface area contributed by atoms with E-state index in [1.807, 2.05) is 6.07 Å². The Labute approximate surface area is 179 Å². The zero-order chi connectivity index (χ0) is 21.4. The number of H-pyrrole nitrogens is 1. The number of nitrogens with zero attached hydrogens (tertiary/aromatic N) is 5. The van der Waals surface area contributed by atoms with Crippen LogP contribution in [-0.4, -0.2) is 59.2 Å². The summed E-state index contributed by atoms with van der Waals surface area (Å²) in [4.78, 5) is 11.3. The van der Waals surface area contributed by atoms with E-state index < -0.39 is 11.2 Å². The lowest BCUT2D eigenvalue weighted by Gasteiger charge is -2.37. The SMILES string of the molecule is C[C@@H]1COCCN1c1cc(C2(C#N)CCOCC2)c2c(F)cnc(-c3ccn[nH]3)c2n1. The lowest BCUT2D eigenvalue weighted by Crippen LogP contribution is -2.44. The maximum atomic E-state index is 15.3. The molecule has 0 aliphatic carbocycles. The summed E-state index contributed by atoms with van der Waals surface area (Å²) in [6.45, 7) is 4.83. The van der Waals surface area contributed by atoms with Crippen molar-refractivity contribution >= 4 is 16.7 Å². The summed E-state index contributed by atoms with van der Waals surface area (Å²) in [5.74, 6) is 0.219. The molecule has 3 aromatic rings. The zero-order valence-corrected chi connectivity index (χ0v) is 17.3. The number of hydrogen-bond donors (Lipinski definition) is 1. The van der Waals surface area contributed by atoms with Crippen molar-refractivity contribution in [1.82, 2.24) is 20.2 Å². The molecule has 3 aromatic heterocycles. The lowest BCUT2D eigenvalue weighted by atomic mass is 9.74. The van der Waals surface area contributed by atoms with E-state index in [9.17, 15) is 5.26 Å². The first-order valence-corrected chi connectivity index (χ1v) is 10.5. The van der Waals surface area contributed by atoms with Crippen LogP contribution in [0.25, 0.3) is 22.3 Å². The number of ether oxygens (including phenoxy) is 2. The molecule has 2 fully saturated rings. The second-order valence-corrected chi connectivity index (χ2v) is 8.10. The summed E-state index contributed by atoms with van der Waals surface area (Å²) >= 11 is 0. The molecule has 0 unspecified atom stereocenters. The van der Waals surface area contributed by atoms with Crippen LogP contribution in [0.5, 0.6) is 0 Å². The van der Waals surface area contributed by atoms with Crippen molar-refractivity contribution in [3.8, 4) is 17.5 Å². The number of nitriles is 1. The van der Waals surface area contributed by atoms with Gasteiger partial charge in [0, 0.05) is 31.3 Å². The summed E-state index contributed by atoms with van der Waals surface area (Å²) in [7, 11) is 0. The average molecular weight is 422 g/mol. The van der Waals surface area contributed by atoms with Gasteiger partial charge in [-0.1, -0.05) is 0 Å². The molecule has 0 amide bonds. The molecule has 31 heavy (non-hydrogen) atoms. The quantitative estimate of drug-likeness (QED) is 0.693. The van der Waals surface area contributed by atoms with Crippen molar-refractivity contribution in [2.24, 2.45) is 0 Å². The Morgan fingerprint density at radius 3 is 2.84 bits per heavy atom. The predicted octanol–water partition coefficient (Wildman–Crippen LogP) is 2.96. The molecule has 1 atom stereocenters. The molecule has 5 rings (SSSR count). The van der Waals surface area contributed by atoms with E-state index in [1.54, 1.807) is 12.3 Å². The minimum Gasteiger partial charge on any atom is -0.381 e. The van der Waals surface area contributed by atoms with Crippen molar-refractivity contribution < 1.29 is 13.9 Å². The molecule has 8 nitrogen and oxygen atoms in total. The minimum atomic E-state index is -0.850. The van der Waals surface area contributed by atoms with Crippen LogP contribution in [-0.2, 0) is 14.9 Å². The van der Waals surface area contributed by atoms with Gasteiger partial charge in [0.2, 0.25) is 0 Å². The molecule has 9 heteroatoms. The van der Waals surface area contributed by atoms with Gasteiger partial charge in [0.15, 0.2) is 5.82 Å². The monoisotopic (exact) mass is 422 g/mol. The van der Waals surface area contributed by atoms with Crippen molar-refractivity contribution in [3.63, 3.8) is 0 Å². The van der Waals surface area contributed by atoms with Crippen LogP contribution >= 0.6 is 0 Å². The molecule has 0 bridgehead atoms. The van der Waals surface area contributed by atoms with Crippen LogP contribution in [0.3, 0.4) is 0 Å². The molecule has 1 N–H and O–H groups in total. The molecule has 0 saturated carbocycles. The standard InChI is InChI=1S/C22H23FN6O2/c1-14-12-31-9-6-29(14)18-10-15(22(13-24)3-7-30-8-4-22)19-16(23)11-25-20(21(19)27-18)17-2-5-26-28-17/h2,5,10-11,14H,3-4,6-9,12H2,1H3,(H,26,28)/t14-/m1/s1. The minimum absolute atomic E-state index is 0.108. The van der Waals surface area contributed by atoms with Crippen molar-refractivity contribution in [1.29, 1.82) is 5.26 Å². The van der Waals surface area contributed by atoms with Gasteiger partial charge < -0.3 is 14.4 Å². The van der Waals surface area contributed by atoms with Crippen LogP contribution in [0.1, 0.15) is 25.3 Å². The van der Waals surface area contributed by atoms with Gasteiger partial charge >= 0.3 is 0 Å².